The van der Waals surface area contributed by atoms with Crippen LogP contribution in [0.3, 0.4) is 0 Å². The monoisotopic (exact) mass is 324 g/mol. The van der Waals surface area contributed by atoms with E-state index in [9.17, 15) is 8.42 Å². The van der Waals surface area contributed by atoms with Crippen molar-refractivity contribution < 1.29 is 8.42 Å². The van der Waals surface area contributed by atoms with E-state index < -0.39 is 15.6 Å². The molecule has 0 atom stereocenters. The molecule has 1 fully saturated rings. The van der Waals surface area contributed by atoms with E-state index in [0.29, 0.717) is 6.54 Å². The minimum atomic E-state index is -3.61. The summed E-state index contributed by atoms with van der Waals surface area (Å²) in [5, 5.41) is 0.232. The number of nitrogens with two attached hydrogens (primary N) is 1. The van der Waals surface area contributed by atoms with Gasteiger partial charge < -0.3 is 5.73 Å². The summed E-state index contributed by atoms with van der Waals surface area (Å²) in [4.78, 5) is 0.117. The van der Waals surface area contributed by atoms with Crippen LogP contribution < -0.4 is 10.5 Å². The largest absolute Gasteiger partial charge is 0.329 e. The van der Waals surface area contributed by atoms with E-state index in [-0.39, 0.29) is 22.3 Å². The normalized spacial score (nSPS) is 18.0. The second-order valence-corrected chi connectivity index (χ2v) is 6.79. The van der Waals surface area contributed by atoms with E-state index >= 15 is 0 Å². The lowest BCUT2D eigenvalue weighted by atomic mass is 10.0. The molecule has 0 radical (unpaired) electrons. The van der Waals surface area contributed by atoms with Crippen molar-refractivity contribution in [1.29, 1.82) is 0 Å². The zero-order valence-electron chi connectivity index (χ0n) is 10.4. The fourth-order valence-electron chi connectivity index (χ4n) is 2.40. The van der Waals surface area contributed by atoms with Gasteiger partial charge in [-0.25, -0.2) is 13.1 Å². The van der Waals surface area contributed by atoms with Crippen molar-refractivity contribution in [2.75, 3.05) is 6.54 Å². The number of rotatable bonds is 4. The molecule has 1 aliphatic rings. The molecule has 0 spiro atoms. The van der Waals surface area contributed by atoms with Crippen LogP contribution in [0.15, 0.2) is 29.2 Å². The molecule has 0 aromatic heterocycles. The number of halogens is 2. The lowest BCUT2D eigenvalue weighted by molar-refractivity contribution is 0.399. The van der Waals surface area contributed by atoms with E-state index in [0.717, 1.165) is 25.7 Å². The summed E-state index contributed by atoms with van der Waals surface area (Å²) >= 11 is 5.93. The summed E-state index contributed by atoms with van der Waals surface area (Å²) in [5.74, 6) is 0. The minimum absolute atomic E-state index is 0. The highest BCUT2D eigenvalue weighted by Gasteiger charge is 2.37. The quantitative estimate of drug-likeness (QED) is 0.892. The van der Waals surface area contributed by atoms with Crippen molar-refractivity contribution in [1.82, 2.24) is 4.72 Å². The van der Waals surface area contributed by atoms with Crippen LogP contribution >= 0.6 is 24.0 Å². The molecule has 0 amide bonds. The van der Waals surface area contributed by atoms with Crippen molar-refractivity contribution in [3.05, 3.63) is 29.3 Å². The Kier molecular flexibility index (Phi) is 5.65. The third-order valence-corrected chi connectivity index (χ3v) is 5.51. The van der Waals surface area contributed by atoms with Gasteiger partial charge in [-0.3, -0.25) is 0 Å². The summed E-state index contributed by atoms with van der Waals surface area (Å²) in [5.41, 5.74) is 5.23. The molecule has 1 aliphatic carbocycles. The van der Waals surface area contributed by atoms with Gasteiger partial charge in [0.25, 0.3) is 0 Å². The van der Waals surface area contributed by atoms with Crippen LogP contribution in [-0.4, -0.2) is 20.5 Å². The van der Waals surface area contributed by atoms with Crippen LogP contribution in [0.1, 0.15) is 25.7 Å². The predicted octanol–water partition coefficient (Wildman–Crippen LogP) is 2.31. The average molecular weight is 325 g/mol. The third kappa shape index (κ3) is 3.61. The first-order valence-corrected chi connectivity index (χ1v) is 7.84. The maximum atomic E-state index is 12.3. The maximum Gasteiger partial charge on any atom is 0.242 e. The standard InChI is InChI=1S/C12H17ClN2O2S.ClH/c13-10-5-1-2-6-11(10)18(16,17)15-12(9-14)7-3-4-8-12;/h1-2,5-6,15H,3-4,7-9,14H2;1H. The van der Waals surface area contributed by atoms with Gasteiger partial charge in [0.15, 0.2) is 0 Å². The first-order valence-electron chi connectivity index (χ1n) is 5.98. The van der Waals surface area contributed by atoms with Crippen molar-refractivity contribution in [2.24, 2.45) is 5.73 Å². The summed E-state index contributed by atoms with van der Waals surface area (Å²) in [6.07, 6.45) is 3.57. The summed E-state index contributed by atoms with van der Waals surface area (Å²) in [6.45, 7) is 0.316. The van der Waals surface area contributed by atoms with E-state index in [2.05, 4.69) is 4.72 Å². The van der Waals surface area contributed by atoms with E-state index in [1.165, 1.54) is 6.07 Å². The fourth-order valence-corrected chi connectivity index (χ4v) is 4.39. The van der Waals surface area contributed by atoms with E-state index in [4.69, 9.17) is 17.3 Å². The number of hydrogen-bond donors (Lipinski definition) is 2. The molecule has 4 nitrogen and oxygen atoms in total. The summed E-state index contributed by atoms with van der Waals surface area (Å²) < 4.78 is 27.4. The molecule has 7 heteroatoms. The van der Waals surface area contributed by atoms with Gasteiger partial charge in [-0.2, -0.15) is 0 Å². The Hall–Kier alpha value is -0.330. The van der Waals surface area contributed by atoms with Gasteiger partial charge in [0.2, 0.25) is 10.0 Å². The SMILES string of the molecule is Cl.NCC1(NS(=O)(=O)c2ccccc2Cl)CCCC1. The van der Waals surface area contributed by atoms with Gasteiger partial charge in [0.1, 0.15) is 4.90 Å². The van der Waals surface area contributed by atoms with Crippen LogP contribution in [0.25, 0.3) is 0 Å². The second-order valence-electron chi connectivity index (χ2n) is 4.73. The molecule has 1 aromatic rings. The van der Waals surface area contributed by atoms with Crippen molar-refractivity contribution in [3.8, 4) is 0 Å². The number of hydrogen-bond acceptors (Lipinski definition) is 3. The van der Waals surface area contributed by atoms with Gasteiger partial charge in [-0.1, -0.05) is 36.6 Å². The van der Waals surface area contributed by atoms with Crippen LogP contribution in [0.2, 0.25) is 5.02 Å². The first kappa shape index (κ1) is 16.7. The Morgan fingerprint density at radius 1 is 1.26 bits per heavy atom. The van der Waals surface area contributed by atoms with Gasteiger partial charge in [-0.05, 0) is 25.0 Å². The minimum Gasteiger partial charge on any atom is -0.329 e. The Morgan fingerprint density at radius 2 is 1.84 bits per heavy atom. The van der Waals surface area contributed by atoms with E-state index in [1.807, 2.05) is 0 Å². The van der Waals surface area contributed by atoms with Crippen LogP contribution in [0.4, 0.5) is 0 Å². The molecular formula is C12H18Cl2N2O2S. The average Bonchev–Trinajstić information content (AvgIpc) is 2.78. The van der Waals surface area contributed by atoms with Crippen LogP contribution in [0.5, 0.6) is 0 Å². The number of benzene rings is 1. The van der Waals surface area contributed by atoms with Gasteiger partial charge in [-0.15, -0.1) is 12.4 Å². The Balaban J connectivity index is 0.00000180. The Bertz CT molecular complexity index is 528. The van der Waals surface area contributed by atoms with Gasteiger partial charge in [0, 0.05) is 12.1 Å². The Morgan fingerprint density at radius 3 is 2.37 bits per heavy atom. The Labute approximate surface area is 125 Å². The second kappa shape index (κ2) is 6.41. The summed E-state index contributed by atoms with van der Waals surface area (Å²) in [7, 11) is -3.61. The van der Waals surface area contributed by atoms with E-state index in [1.54, 1.807) is 18.2 Å². The molecule has 1 aromatic carbocycles. The van der Waals surface area contributed by atoms with Crippen molar-refractivity contribution in [2.45, 2.75) is 36.1 Å². The number of nitrogens with one attached hydrogen (secondary N) is 1. The molecule has 3 N–H and O–H groups in total. The molecule has 0 saturated heterocycles. The lowest BCUT2D eigenvalue weighted by Gasteiger charge is -2.28. The predicted molar refractivity (Wildman–Crippen MR) is 79.3 cm³/mol. The van der Waals surface area contributed by atoms with Crippen LogP contribution in [0, 0.1) is 0 Å². The lowest BCUT2D eigenvalue weighted by Crippen LogP contribution is -2.51. The molecule has 19 heavy (non-hydrogen) atoms. The smallest absolute Gasteiger partial charge is 0.242 e. The third-order valence-electron chi connectivity index (χ3n) is 3.43. The van der Waals surface area contributed by atoms with Gasteiger partial charge >= 0.3 is 0 Å². The maximum absolute atomic E-state index is 12.3. The molecular weight excluding hydrogens is 307 g/mol. The molecule has 0 aliphatic heterocycles. The van der Waals surface area contributed by atoms with Crippen molar-refractivity contribution in [3.63, 3.8) is 0 Å². The fraction of sp³-hybridized carbons (Fsp3) is 0.500. The molecule has 0 bridgehead atoms. The first-order chi connectivity index (χ1) is 8.49. The van der Waals surface area contributed by atoms with Crippen LogP contribution in [-0.2, 0) is 10.0 Å². The van der Waals surface area contributed by atoms with Crippen molar-refractivity contribution >= 4 is 34.0 Å². The number of sulfonamides is 1. The zero-order chi connectivity index (χ0) is 13.2. The summed E-state index contributed by atoms with van der Waals surface area (Å²) in [6, 6.07) is 6.43. The molecule has 0 unspecified atom stereocenters. The van der Waals surface area contributed by atoms with Gasteiger partial charge in [0.05, 0.1) is 5.02 Å². The molecule has 108 valence electrons. The molecule has 1 saturated carbocycles. The molecule has 2 rings (SSSR count). The topological polar surface area (TPSA) is 72.2 Å². The highest BCUT2D eigenvalue weighted by atomic mass is 35.5. The highest BCUT2D eigenvalue weighted by Crippen LogP contribution is 2.31. The molecule has 0 heterocycles. The highest BCUT2D eigenvalue weighted by molar-refractivity contribution is 7.89. The zero-order valence-corrected chi connectivity index (χ0v) is 12.8.